The molecule has 28 heavy (non-hydrogen) atoms. The number of pyridine rings is 1. The molecule has 1 aliphatic rings. The summed E-state index contributed by atoms with van der Waals surface area (Å²) in [5.74, 6) is 0.875. The minimum absolute atomic E-state index is 0. The van der Waals surface area contributed by atoms with Gasteiger partial charge in [0.15, 0.2) is 5.96 Å². The van der Waals surface area contributed by atoms with Crippen molar-refractivity contribution in [3.63, 3.8) is 0 Å². The smallest absolute Gasteiger partial charge is 0.191 e. The maximum Gasteiger partial charge on any atom is 0.191 e. The Bertz CT molecular complexity index is 750. The van der Waals surface area contributed by atoms with Crippen molar-refractivity contribution in [2.75, 3.05) is 13.1 Å². The lowest BCUT2D eigenvalue weighted by Crippen LogP contribution is -2.44. The number of aliphatic imine (C=N–C) groups is 1. The van der Waals surface area contributed by atoms with E-state index >= 15 is 0 Å². The molecule has 0 radical (unpaired) electrons. The molecule has 6 heteroatoms. The minimum Gasteiger partial charge on any atom is -0.357 e. The molecule has 2 N–H and O–H groups in total. The van der Waals surface area contributed by atoms with Crippen molar-refractivity contribution in [1.29, 1.82) is 0 Å². The van der Waals surface area contributed by atoms with Crippen molar-refractivity contribution in [3.05, 3.63) is 65.5 Å². The number of aryl methyl sites for hydroxylation is 1. The standard InChI is InChI=1S/C22H31N5.HI/c1-4-23-22(24-14-20-12-8-9-17(2)25-20)26-21-13-18(3)27(16-21)15-19-10-6-5-7-11-19;/h5-12,18,21H,4,13-16H2,1-3H3,(H2,23,24,26);1H. The first kappa shape index (κ1) is 22.6. The first-order valence-corrected chi connectivity index (χ1v) is 9.89. The number of aromatic nitrogens is 1. The van der Waals surface area contributed by atoms with Crippen molar-refractivity contribution in [3.8, 4) is 0 Å². The molecule has 152 valence electrons. The van der Waals surface area contributed by atoms with Crippen LogP contribution < -0.4 is 10.6 Å². The molecule has 0 saturated carbocycles. The van der Waals surface area contributed by atoms with Crippen molar-refractivity contribution in [2.45, 2.75) is 52.4 Å². The zero-order chi connectivity index (χ0) is 19.1. The monoisotopic (exact) mass is 493 g/mol. The molecule has 5 nitrogen and oxygen atoms in total. The van der Waals surface area contributed by atoms with Crippen LogP contribution in [0, 0.1) is 6.92 Å². The van der Waals surface area contributed by atoms with E-state index in [1.807, 2.05) is 25.1 Å². The van der Waals surface area contributed by atoms with Gasteiger partial charge in [0.25, 0.3) is 0 Å². The van der Waals surface area contributed by atoms with Gasteiger partial charge in [-0.05, 0) is 44.9 Å². The van der Waals surface area contributed by atoms with E-state index in [0.717, 1.165) is 43.4 Å². The van der Waals surface area contributed by atoms with E-state index in [0.29, 0.717) is 18.6 Å². The maximum atomic E-state index is 4.74. The van der Waals surface area contributed by atoms with Gasteiger partial charge in [-0.25, -0.2) is 4.99 Å². The quantitative estimate of drug-likeness (QED) is 0.366. The van der Waals surface area contributed by atoms with Gasteiger partial charge in [-0.2, -0.15) is 0 Å². The Hall–Kier alpha value is -1.67. The molecule has 2 heterocycles. The Balaban J connectivity index is 0.00000280. The molecular weight excluding hydrogens is 461 g/mol. The number of hydrogen-bond donors (Lipinski definition) is 2. The molecule has 3 rings (SSSR count). The predicted octanol–water partition coefficient (Wildman–Crippen LogP) is 3.73. The lowest BCUT2D eigenvalue weighted by atomic mass is 10.2. The first-order valence-electron chi connectivity index (χ1n) is 9.89. The van der Waals surface area contributed by atoms with E-state index in [9.17, 15) is 0 Å². The largest absolute Gasteiger partial charge is 0.357 e. The number of benzene rings is 1. The molecule has 1 aromatic heterocycles. The Morgan fingerprint density at radius 3 is 2.68 bits per heavy atom. The van der Waals surface area contributed by atoms with Gasteiger partial charge in [-0.1, -0.05) is 36.4 Å². The second-order valence-electron chi connectivity index (χ2n) is 7.31. The SMILES string of the molecule is CCNC(=NCc1cccc(C)n1)NC1CC(C)N(Cc2ccccc2)C1.I. The second kappa shape index (κ2) is 11.4. The molecule has 2 aromatic rings. The number of nitrogens with one attached hydrogen (secondary N) is 2. The molecule has 2 unspecified atom stereocenters. The number of hydrogen-bond acceptors (Lipinski definition) is 3. The third-order valence-electron chi connectivity index (χ3n) is 4.96. The third-order valence-corrected chi connectivity index (χ3v) is 4.96. The van der Waals surface area contributed by atoms with E-state index in [-0.39, 0.29) is 24.0 Å². The van der Waals surface area contributed by atoms with Gasteiger partial charge in [0.1, 0.15) is 0 Å². The summed E-state index contributed by atoms with van der Waals surface area (Å²) in [5, 5.41) is 6.98. The van der Waals surface area contributed by atoms with E-state index in [1.54, 1.807) is 0 Å². The average molecular weight is 493 g/mol. The van der Waals surface area contributed by atoms with Crippen LogP contribution in [0.1, 0.15) is 37.2 Å². The molecule has 0 spiro atoms. The minimum atomic E-state index is 0. The maximum absolute atomic E-state index is 4.74. The molecule has 1 aliphatic heterocycles. The molecule has 1 saturated heterocycles. The van der Waals surface area contributed by atoms with E-state index in [4.69, 9.17) is 4.99 Å². The van der Waals surface area contributed by atoms with Gasteiger partial charge in [-0.3, -0.25) is 9.88 Å². The zero-order valence-corrected chi connectivity index (χ0v) is 19.4. The highest BCUT2D eigenvalue weighted by Gasteiger charge is 2.29. The van der Waals surface area contributed by atoms with E-state index < -0.39 is 0 Å². The fraction of sp³-hybridized carbons (Fsp3) is 0.455. The Morgan fingerprint density at radius 2 is 1.96 bits per heavy atom. The highest BCUT2D eigenvalue weighted by Crippen LogP contribution is 2.20. The third kappa shape index (κ3) is 6.74. The van der Waals surface area contributed by atoms with Crippen LogP contribution in [0.2, 0.25) is 0 Å². The number of halogens is 1. The Kier molecular flexibility index (Phi) is 9.18. The summed E-state index contributed by atoms with van der Waals surface area (Å²) in [6.07, 6.45) is 1.12. The second-order valence-corrected chi connectivity index (χ2v) is 7.31. The normalized spacial score (nSPS) is 19.9. The summed E-state index contributed by atoms with van der Waals surface area (Å²) in [6.45, 7) is 9.89. The van der Waals surface area contributed by atoms with Crippen LogP contribution in [-0.2, 0) is 13.1 Å². The van der Waals surface area contributed by atoms with Crippen molar-refractivity contribution in [1.82, 2.24) is 20.5 Å². The van der Waals surface area contributed by atoms with Gasteiger partial charge in [0.2, 0.25) is 0 Å². The summed E-state index contributed by atoms with van der Waals surface area (Å²) >= 11 is 0. The number of nitrogens with zero attached hydrogens (tertiary/aromatic N) is 3. The molecule has 1 fully saturated rings. The summed E-state index contributed by atoms with van der Waals surface area (Å²) in [7, 11) is 0. The van der Waals surface area contributed by atoms with Crippen LogP contribution in [0.15, 0.2) is 53.5 Å². The van der Waals surface area contributed by atoms with E-state index in [1.165, 1.54) is 5.56 Å². The average Bonchev–Trinajstić information content (AvgIpc) is 3.00. The van der Waals surface area contributed by atoms with Crippen LogP contribution in [-0.4, -0.2) is 41.0 Å². The van der Waals surface area contributed by atoms with Gasteiger partial charge >= 0.3 is 0 Å². The van der Waals surface area contributed by atoms with Gasteiger partial charge in [0.05, 0.1) is 12.2 Å². The fourth-order valence-corrected chi connectivity index (χ4v) is 3.60. The Labute approximate surface area is 186 Å². The van der Waals surface area contributed by atoms with Crippen molar-refractivity contribution in [2.24, 2.45) is 4.99 Å². The molecular formula is C22H32IN5. The zero-order valence-electron chi connectivity index (χ0n) is 17.1. The summed E-state index contributed by atoms with van der Waals surface area (Å²) < 4.78 is 0. The van der Waals surface area contributed by atoms with Crippen LogP contribution >= 0.6 is 24.0 Å². The highest BCUT2D eigenvalue weighted by molar-refractivity contribution is 14.0. The summed E-state index contributed by atoms with van der Waals surface area (Å²) in [6, 6.07) is 17.7. The predicted molar refractivity (Wildman–Crippen MR) is 127 cm³/mol. The number of likely N-dealkylation sites (tertiary alicyclic amines) is 1. The first-order chi connectivity index (χ1) is 13.1. The molecule has 0 amide bonds. The molecule has 0 aliphatic carbocycles. The summed E-state index contributed by atoms with van der Waals surface area (Å²) in [4.78, 5) is 11.8. The number of rotatable bonds is 6. The van der Waals surface area contributed by atoms with Crippen molar-refractivity contribution >= 4 is 29.9 Å². The lowest BCUT2D eigenvalue weighted by molar-refractivity contribution is 0.258. The molecule has 1 aromatic carbocycles. The molecule has 2 atom stereocenters. The number of guanidine groups is 1. The fourth-order valence-electron chi connectivity index (χ4n) is 3.60. The summed E-state index contributed by atoms with van der Waals surface area (Å²) in [5.41, 5.74) is 3.40. The van der Waals surface area contributed by atoms with Crippen LogP contribution in [0.3, 0.4) is 0 Å². The van der Waals surface area contributed by atoms with E-state index in [2.05, 4.69) is 64.7 Å². The van der Waals surface area contributed by atoms with Crippen LogP contribution in [0.4, 0.5) is 0 Å². The molecule has 0 bridgehead atoms. The van der Waals surface area contributed by atoms with Crippen LogP contribution in [0.25, 0.3) is 0 Å². The lowest BCUT2D eigenvalue weighted by Gasteiger charge is -2.21. The van der Waals surface area contributed by atoms with Gasteiger partial charge in [-0.15, -0.1) is 24.0 Å². The van der Waals surface area contributed by atoms with Crippen LogP contribution in [0.5, 0.6) is 0 Å². The Morgan fingerprint density at radius 1 is 1.18 bits per heavy atom. The van der Waals surface area contributed by atoms with Gasteiger partial charge in [0, 0.05) is 37.4 Å². The topological polar surface area (TPSA) is 52.6 Å². The van der Waals surface area contributed by atoms with Gasteiger partial charge < -0.3 is 10.6 Å². The highest BCUT2D eigenvalue weighted by atomic mass is 127. The van der Waals surface area contributed by atoms with Crippen molar-refractivity contribution < 1.29 is 0 Å².